The molecule has 1 atom stereocenters. The van der Waals surface area contributed by atoms with Gasteiger partial charge in [0.1, 0.15) is 11.5 Å². The smallest absolute Gasteiger partial charge is 0.271 e. The van der Waals surface area contributed by atoms with Crippen molar-refractivity contribution in [1.82, 2.24) is 9.47 Å². The van der Waals surface area contributed by atoms with E-state index in [1.54, 1.807) is 23.7 Å². The van der Waals surface area contributed by atoms with Crippen molar-refractivity contribution in [1.29, 1.82) is 0 Å². The summed E-state index contributed by atoms with van der Waals surface area (Å²) in [4.78, 5) is 26.7. The van der Waals surface area contributed by atoms with E-state index < -0.39 is 0 Å². The number of piperidine rings is 1. The molecule has 3 rings (SSSR count). The number of halogens is 1. The van der Waals surface area contributed by atoms with Gasteiger partial charge < -0.3 is 9.47 Å². The summed E-state index contributed by atoms with van der Waals surface area (Å²) >= 11 is 0. The molecule has 1 fully saturated rings. The van der Waals surface area contributed by atoms with E-state index >= 15 is 0 Å². The van der Waals surface area contributed by atoms with Crippen LogP contribution in [0.25, 0.3) is 0 Å². The van der Waals surface area contributed by atoms with Crippen molar-refractivity contribution >= 4 is 5.91 Å². The van der Waals surface area contributed by atoms with Gasteiger partial charge in [-0.2, -0.15) is 0 Å². The monoisotopic (exact) mass is 328 g/mol. The van der Waals surface area contributed by atoms with Crippen molar-refractivity contribution in [2.45, 2.75) is 32.2 Å². The third-order valence-electron chi connectivity index (χ3n) is 4.76. The van der Waals surface area contributed by atoms with Crippen LogP contribution in [0.15, 0.2) is 41.2 Å². The van der Waals surface area contributed by atoms with Crippen LogP contribution in [-0.2, 0) is 7.05 Å². The molecule has 1 unspecified atom stereocenters. The van der Waals surface area contributed by atoms with Gasteiger partial charge in [-0.1, -0.05) is 12.1 Å². The molecule has 0 spiro atoms. The van der Waals surface area contributed by atoms with Gasteiger partial charge in [0, 0.05) is 31.4 Å². The highest BCUT2D eigenvalue weighted by molar-refractivity contribution is 5.93. The number of pyridine rings is 1. The molecule has 1 saturated heterocycles. The molecule has 0 saturated carbocycles. The second kappa shape index (κ2) is 6.59. The Morgan fingerprint density at radius 1 is 1.17 bits per heavy atom. The van der Waals surface area contributed by atoms with Gasteiger partial charge in [-0.3, -0.25) is 9.59 Å². The summed E-state index contributed by atoms with van der Waals surface area (Å²) in [6.45, 7) is 2.45. The lowest BCUT2D eigenvalue weighted by molar-refractivity contribution is 0.0600. The topological polar surface area (TPSA) is 42.3 Å². The van der Waals surface area contributed by atoms with Crippen LogP contribution in [0.1, 0.15) is 47.1 Å². The zero-order valence-corrected chi connectivity index (χ0v) is 14.0. The first-order valence-electron chi connectivity index (χ1n) is 8.21. The summed E-state index contributed by atoms with van der Waals surface area (Å²) in [6, 6.07) is 9.16. The van der Waals surface area contributed by atoms with E-state index in [1.807, 2.05) is 11.8 Å². The molecule has 2 aromatic rings. The maximum absolute atomic E-state index is 13.2. The number of carbonyl (C=O) groups is 1. The van der Waals surface area contributed by atoms with E-state index in [0.29, 0.717) is 12.2 Å². The third kappa shape index (κ3) is 3.11. The molecule has 126 valence electrons. The van der Waals surface area contributed by atoms with Crippen LogP contribution in [0.3, 0.4) is 0 Å². The molecule has 24 heavy (non-hydrogen) atoms. The Kier molecular flexibility index (Phi) is 4.51. The average molecular weight is 328 g/mol. The second-order valence-corrected chi connectivity index (χ2v) is 6.34. The summed E-state index contributed by atoms with van der Waals surface area (Å²) in [6.07, 6.45) is 2.80. The number of amides is 1. The van der Waals surface area contributed by atoms with Crippen LogP contribution in [-0.4, -0.2) is 21.9 Å². The van der Waals surface area contributed by atoms with Crippen LogP contribution in [0, 0.1) is 12.7 Å². The quantitative estimate of drug-likeness (QED) is 0.849. The molecule has 1 aliphatic rings. The third-order valence-corrected chi connectivity index (χ3v) is 4.76. The Hall–Kier alpha value is -2.43. The maximum Gasteiger partial charge on any atom is 0.271 e. The van der Waals surface area contributed by atoms with Crippen molar-refractivity contribution in [2.75, 3.05) is 6.54 Å². The molecular weight excluding hydrogens is 307 g/mol. The molecule has 1 aliphatic heterocycles. The number of aromatic nitrogens is 1. The van der Waals surface area contributed by atoms with Gasteiger partial charge in [0.15, 0.2) is 5.43 Å². The van der Waals surface area contributed by atoms with Gasteiger partial charge in [0.2, 0.25) is 0 Å². The van der Waals surface area contributed by atoms with Crippen LogP contribution in [0.5, 0.6) is 0 Å². The Bertz CT molecular complexity index is 811. The summed E-state index contributed by atoms with van der Waals surface area (Å²) in [5, 5.41) is 0. The fourth-order valence-electron chi connectivity index (χ4n) is 3.32. The predicted molar refractivity (Wildman–Crippen MR) is 90.4 cm³/mol. The molecule has 0 radical (unpaired) electrons. The van der Waals surface area contributed by atoms with E-state index in [4.69, 9.17) is 0 Å². The molecule has 5 heteroatoms. The number of benzene rings is 1. The first-order valence-corrected chi connectivity index (χ1v) is 8.21. The van der Waals surface area contributed by atoms with Crippen molar-refractivity contribution < 1.29 is 9.18 Å². The highest BCUT2D eigenvalue weighted by Crippen LogP contribution is 2.32. The van der Waals surface area contributed by atoms with Gasteiger partial charge >= 0.3 is 0 Å². The van der Waals surface area contributed by atoms with Gasteiger partial charge in [-0.05, 0) is 43.9 Å². The number of aryl methyl sites for hydroxylation is 1. The van der Waals surface area contributed by atoms with Gasteiger partial charge in [-0.15, -0.1) is 0 Å². The van der Waals surface area contributed by atoms with E-state index in [1.165, 1.54) is 24.3 Å². The minimum Gasteiger partial charge on any atom is -0.344 e. The Morgan fingerprint density at radius 2 is 1.88 bits per heavy atom. The minimum atomic E-state index is -0.284. The summed E-state index contributed by atoms with van der Waals surface area (Å²) in [5.74, 6) is -0.430. The molecule has 0 N–H and O–H groups in total. The lowest BCUT2D eigenvalue weighted by atomic mass is 9.94. The summed E-state index contributed by atoms with van der Waals surface area (Å²) in [7, 11) is 1.79. The number of carbonyl (C=O) groups excluding carboxylic acids is 1. The second-order valence-electron chi connectivity index (χ2n) is 6.34. The maximum atomic E-state index is 13.2. The summed E-state index contributed by atoms with van der Waals surface area (Å²) < 4.78 is 14.9. The largest absolute Gasteiger partial charge is 0.344 e. The van der Waals surface area contributed by atoms with Crippen molar-refractivity contribution in [3.8, 4) is 0 Å². The normalized spacial score (nSPS) is 17.8. The number of hydrogen-bond acceptors (Lipinski definition) is 2. The predicted octanol–water partition coefficient (Wildman–Crippen LogP) is 3.20. The van der Waals surface area contributed by atoms with Crippen molar-refractivity contribution in [3.05, 3.63) is 69.4 Å². The minimum absolute atomic E-state index is 0.0811. The highest BCUT2D eigenvalue weighted by atomic mass is 19.1. The number of hydrogen-bond donors (Lipinski definition) is 0. The molecule has 1 aromatic carbocycles. The first-order chi connectivity index (χ1) is 11.5. The van der Waals surface area contributed by atoms with Gasteiger partial charge in [0.05, 0.1) is 6.04 Å². The van der Waals surface area contributed by atoms with E-state index in [-0.39, 0.29) is 23.2 Å². The first kappa shape index (κ1) is 16.4. The van der Waals surface area contributed by atoms with Crippen LogP contribution < -0.4 is 5.43 Å². The lowest BCUT2D eigenvalue weighted by Gasteiger charge is -2.36. The van der Waals surface area contributed by atoms with E-state index in [2.05, 4.69) is 0 Å². The molecular formula is C19H21FN2O2. The van der Waals surface area contributed by atoms with Gasteiger partial charge in [-0.25, -0.2) is 4.39 Å². The average Bonchev–Trinajstić information content (AvgIpc) is 2.58. The molecule has 1 aromatic heterocycles. The Morgan fingerprint density at radius 3 is 2.58 bits per heavy atom. The van der Waals surface area contributed by atoms with E-state index in [0.717, 1.165) is 30.5 Å². The molecule has 2 heterocycles. The zero-order valence-electron chi connectivity index (χ0n) is 14.0. The molecule has 4 nitrogen and oxygen atoms in total. The number of likely N-dealkylation sites (tertiary alicyclic amines) is 1. The van der Waals surface area contributed by atoms with Crippen molar-refractivity contribution in [2.24, 2.45) is 7.05 Å². The Balaban J connectivity index is 1.97. The molecule has 0 aliphatic carbocycles. The van der Waals surface area contributed by atoms with Crippen LogP contribution >= 0.6 is 0 Å². The number of rotatable bonds is 2. The Labute approximate surface area is 140 Å². The molecule has 0 bridgehead atoms. The standard InChI is InChI=1S/C19H21FN2O2/c1-13-11-16(23)12-18(21(13)2)19(24)22-10-4-3-5-17(22)14-6-8-15(20)9-7-14/h6-9,11-12,17H,3-5,10H2,1-2H3. The lowest BCUT2D eigenvalue weighted by Crippen LogP contribution is -2.40. The van der Waals surface area contributed by atoms with Crippen molar-refractivity contribution in [3.63, 3.8) is 0 Å². The van der Waals surface area contributed by atoms with Crippen LogP contribution in [0.2, 0.25) is 0 Å². The SMILES string of the molecule is Cc1cc(=O)cc(C(=O)N2CCCCC2c2ccc(F)cc2)n1C. The van der Waals surface area contributed by atoms with Gasteiger partial charge in [0.25, 0.3) is 5.91 Å². The van der Waals surface area contributed by atoms with E-state index in [9.17, 15) is 14.0 Å². The fraction of sp³-hybridized carbons (Fsp3) is 0.368. The summed E-state index contributed by atoms with van der Waals surface area (Å²) in [5.41, 5.74) is 1.92. The highest BCUT2D eigenvalue weighted by Gasteiger charge is 2.30. The fourth-order valence-corrected chi connectivity index (χ4v) is 3.32. The number of nitrogens with zero attached hydrogens (tertiary/aromatic N) is 2. The van der Waals surface area contributed by atoms with Crippen LogP contribution in [0.4, 0.5) is 4.39 Å². The zero-order chi connectivity index (χ0) is 17.3. The molecule has 1 amide bonds.